The molecular weight excluding hydrogens is 310 g/mol. The first kappa shape index (κ1) is 16.3. The van der Waals surface area contributed by atoms with E-state index in [0.29, 0.717) is 5.56 Å². The predicted octanol–water partition coefficient (Wildman–Crippen LogP) is 3.76. The Morgan fingerprint density at radius 2 is 1.96 bits per heavy atom. The molecule has 6 nitrogen and oxygen atoms in total. The molecule has 0 aliphatic heterocycles. The molecule has 0 saturated heterocycles. The second-order valence-corrected chi connectivity index (χ2v) is 4.57. The van der Waals surface area contributed by atoms with Crippen molar-refractivity contribution in [1.82, 2.24) is 0 Å². The molecule has 0 saturated carbocycles. The van der Waals surface area contributed by atoms with Gasteiger partial charge in [0.2, 0.25) is 0 Å². The van der Waals surface area contributed by atoms with Gasteiger partial charge in [0.15, 0.2) is 0 Å². The third-order valence-corrected chi connectivity index (χ3v) is 3.07. The van der Waals surface area contributed by atoms with Crippen LogP contribution in [-0.4, -0.2) is 17.4 Å². The van der Waals surface area contributed by atoms with E-state index in [9.17, 15) is 23.7 Å². The summed E-state index contributed by atoms with van der Waals surface area (Å²) in [5.41, 5.74) is 0.529. The molecule has 0 radical (unpaired) electrons. The topological polar surface area (TPSA) is 81.5 Å². The molecule has 2 aromatic rings. The Balaban J connectivity index is 2.23. The molecular formula is C15H12F2N2O4. The van der Waals surface area contributed by atoms with Crippen molar-refractivity contribution in [3.05, 3.63) is 63.7 Å². The highest BCUT2D eigenvalue weighted by Gasteiger charge is 2.16. The lowest BCUT2D eigenvalue weighted by molar-refractivity contribution is -0.385. The van der Waals surface area contributed by atoms with Crippen molar-refractivity contribution < 1.29 is 23.2 Å². The summed E-state index contributed by atoms with van der Waals surface area (Å²) in [6, 6.07) is 9.54. The molecule has 8 heteroatoms. The maximum atomic E-state index is 12.2. The zero-order chi connectivity index (χ0) is 17.0. The summed E-state index contributed by atoms with van der Waals surface area (Å²) in [5, 5.41) is 13.4. The maximum absolute atomic E-state index is 12.2. The van der Waals surface area contributed by atoms with Crippen LogP contribution in [0.2, 0.25) is 0 Å². The second-order valence-electron chi connectivity index (χ2n) is 4.57. The van der Waals surface area contributed by atoms with Crippen molar-refractivity contribution in [3.8, 4) is 5.75 Å². The van der Waals surface area contributed by atoms with Gasteiger partial charge < -0.3 is 10.1 Å². The van der Waals surface area contributed by atoms with Gasteiger partial charge in [-0.3, -0.25) is 14.9 Å². The van der Waals surface area contributed by atoms with Crippen LogP contribution in [0.1, 0.15) is 15.9 Å². The van der Waals surface area contributed by atoms with Crippen LogP contribution in [0, 0.1) is 17.0 Å². The fourth-order valence-corrected chi connectivity index (χ4v) is 1.96. The Bertz CT molecular complexity index is 750. The summed E-state index contributed by atoms with van der Waals surface area (Å²) in [6.07, 6.45) is 0. The number of hydrogen-bond acceptors (Lipinski definition) is 4. The third kappa shape index (κ3) is 4.00. The van der Waals surface area contributed by atoms with Gasteiger partial charge in [-0.2, -0.15) is 8.78 Å². The molecule has 0 heterocycles. The predicted molar refractivity (Wildman–Crippen MR) is 78.9 cm³/mol. The summed E-state index contributed by atoms with van der Waals surface area (Å²) in [6.45, 7) is -1.49. The fourth-order valence-electron chi connectivity index (χ4n) is 1.96. The molecule has 0 aliphatic carbocycles. The Morgan fingerprint density at radius 1 is 1.26 bits per heavy atom. The number of benzene rings is 2. The Kier molecular flexibility index (Phi) is 4.85. The zero-order valence-corrected chi connectivity index (χ0v) is 12.0. The quantitative estimate of drug-likeness (QED) is 0.671. The first-order chi connectivity index (χ1) is 10.9. The van der Waals surface area contributed by atoms with E-state index in [4.69, 9.17) is 0 Å². The first-order valence-corrected chi connectivity index (χ1v) is 6.48. The number of ether oxygens (including phenoxy) is 1. The SMILES string of the molecule is Cc1c(NC(=O)c2cccc(OC(F)F)c2)cccc1[N+](=O)[O-]. The van der Waals surface area contributed by atoms with Gasteiger partial charge in [-0.05, 0) is 31.2 Å². The second kappa shape index (κ2) is 6.82. The van der Waals surface area contributed by atoms with Crippen LogP contribution in [0.25, 0.3) is 0 Å². The van der Waals surface area contributed by atoms with Crippen LogP contribution < -0.4 is 10.1 Å². The van der Waals surface area contributed by atoms with Gasteiger partial charge in [-0.15, -0.1) is 0 Å². The number of carbonyl (C=O) groups is 1. The lowest BCUT2D eigenvalue weighted by atomic mass is 10.1. The zero-order valence-electron chi connectivity index (χ0n) is 12.0. The molecule has 0 atom stereocenters. The van der Waals surface area contributed by atoms with Crippen LogP contribution in [0.15, 0.2) is 42.5 Å². The van der Waals surface area contributed by atoms with Crippen molar-refractivity contribution in [2.45, 2.75) is 13.5 Å². The van der Waals surface area contributed by atoms with Gasteiger partial charge in [0.05, 0.1) is 16.2 Å². The van der Waals surface area contributed by atoms with Crippen molar-refractivity contribution in [2.24, 2.45) is 0 Å². The number of nitro groups is 1. The summed E-state index contributed by atoms with van der Waals surface area (Å²) in [7, 11) is 0. The molecule has 1 N–H and O–H groups in total. The lowest BCUT2D eigenvalue weighted by Crippen LogP contribution is -2.13. The Hall–Kier alpha value is -3.03. The number of carbonyl (C=O) groups excluding carboxylic acids is 1. The van der Waals surface area contributed by atoms with Gasteiger partial charge >= 0.3 is 6.61 Å². The van der Waals surface area contributed by atoms with Crippen molar-refractivity contribution in [2.75, 3.05) is 5.32 Å². The normalized spacial score (nSPS) is 10.4. The van der Waals surface area contributed by atoms with Crippen LogP contribution in [0.3, 0.4) is 0 Å². The van der Waals surface area contributed by atoms with Gasteiger partial charge in [-0.25, -0.2) is 0 Å². The van der Waals surface area contributed by atoms with E-state index >= 15 is 0 Å². The van der Waals surface area contributed by atoms with Crippen LogP contribution >= 0.6 is 0 Å². The molecule has 23 heavy (non-hydrogen) atoms. The summed E-state index contributed by atoms with van der Waals surface area (Å²) in [4.78, 5) is 22.5. The molecule has 2 rings (SSSR count). The molecule has 0 aliphatic rings. The minimum absolute atomic E-state index is 0.0917. The number of anilines is 1. The lowest BCUT2D eigenvalue weighted by Gasteiger charge is -2.10. The molecule has 1 amide bonds. The van der Waals surface area contributed by atoms with Gasteiger partial charge in [0.25, 0.3) is 11.6 Å². The molecule has 0 spiro atoms. The number of nitrogens with one attached hydrogen (secondary N) is 1. The molecule has 2 aromatic carbocycles. The Labute approximate surface area is 129 Å². The van der Waals surface area contributed by atoms with E-state index in [2.05, 4.69) is 10.1 Å². The summed E-state index contributed by atoms with van der Waals surface area (Å²) in [5.74, 6) is -0.739. The van der Waals surface area contributed by atoms with E-state index in [-0.39, 0.29) is 22.7 Å². The minimum atomic E-state index is -2.99. The molecule has 0 fully saturated rings. The van der Waals surface area contributed by atoms with Gasteiger partial charge in [0, 0.05) is 11.6 Å². The average molecular weight is 322 g/mol. The van der Waals surface area contributed by atoms with Crippen LogP contribution in [0.5, 0.6) is 5.75 Å². The summed E-state index contributed by atoms with van der Waals surface area (Å²) < 4.78 is 28.6. The summed E-state index contributed by atoms with van der Waals surface area (Å²) >= 11 is 0. The first-order valence-electron chi connectivity index (χ1n) is 6.48. The smallest absolute Gasteiger partial charge is 0.387 e. The van der Waals surface area contributed by atoms with Crippen LogP contribution in [0.4, 0.5) is 20.2 Å². The number of rotatable bonds is 5. The number of hydrogen-bond donors (Lipinski definition) is 1. The minimum Gasteiger partial charge on any atom is -0.435 e. The highest BCUT2D eigenvalue weighted by molar-refractivity contribution is 6.05. The highest BCUT2D eigenvalue weighted by Crippen LogP contribution is 2.26. The fraction of sp³-hybridized carbons (Fsp3) is 0.133. The van der Waals surface area contributed by atoms with Crippen molar-refractivity contribution >= 4 is 17.3 Å². The number of halogens is 2. The van der Waals surface area contributed by atoms with Gasteiger partial charge in [-0.1, -0.05) is 12.1 Å². The van der Waals surface area contributed by atoms with E-state index in [1.807, 2.05) is 0 Å². The molecule has 0 bridgehead atoms. The monoisotopic (exact) mass is 322 g/mol. The van der Waals surface area contributed by atoms with E-state index < -0.39 is 17.4 Å². The van der Waals surface area contributed by atoms with Gasteiger partial charge in [0.1, 0.15) is 5.75 Å². The maximum Gasteiger partial charge on any atom is 0.387 e. The van der Waals surface area contributed by atoms with E-state index in [1.54, 1.807) is 0 Å². The number of nitrogens with zero attached hydrogens (tertiary/aromatic N) is 1. The van der Waals surface area contributed by atoms with E-state index in [0.717, 1.165) is 6.07 Å². The molecule has 0 unspecified atom stereocenters. The number of alkyl halides is 2. The highest BCUT2D eigenvalue weighted by atomic mass is 19.3. The Morgan fingerprint density at radius 3 is 2.61 bits per heavy atom. The number of amides is 1. The number of nitro benzene ring substituents is 1. The largest absolute Gasteiger partial charge is 0.435 e. The van der Waals surface area contributed by atoms with Crippen molar-refractivity contribution in [3.63, 3.8) is 0 Å². The van der Waals surface area contributed by atoms with Crippen LogP contribution in [-0.2, 0) is 0 Å². The molecule has 120 valence electrons. The third-order valence-electron chi connectivity index (χ3n) is 3.07. The average Bonchev–Trinajstić information content (AvgIpc) is 2.48. The molecule has 0 aromatic heterocycles. The standard InChI is InChI=1S/C15H12F2N2O4/c1-9-12(6-3-7-13(9)19(21)22)18-14(20)10-4-2-5-11(8-10)23-15(16)17/h2-8,15H,1H3,(H,18,20). The van der Waals surface area contributed by atoms with Crippen molar-refractivity contribution in [1.29, 1.82) is 0 Å². The van der Waals surface area contributed by atoms with E-state index in [1.165, 1.54) is 43.3 Å².